The average molecular weight is 390 g/mol. The molecule has 0 radical (unpaired) electrons. The zero-order valence-corrected chi connectivity index (χ0v) is 18.1. The van der Waals surface area contributed by atoms with Crippen molar-refractivity contribution in [1.29, 1.82) is 0 Å². The molecule has 0 aromatic heterocycles. The van der Waals surface area contributed by atoms with Crippen molar-refractivity contribution in [2.45, 2.75) is 97.4 Å². The van der Waals surface area contributed by atoms with Gasteiger partial charge in [-0.2, -0.15) is 0 Å². The molecule has 0 fully saturated rings. The molecule has 0 aliphatic heterocycles. The van der Waals surface area contributed by atoms with Crippen molar-refractivity contribution >= 4 is 11.9 Å². The van der Waals surface area contributed by atoms with Gasteiger partial charge in [0.2, 0.25) is 0 Å². The van der Waals surface area contributed by atoms with Crippen LogP contribution in [0.4, 0.5) is 0 Å². The van der Waals surface area contributed by atoms with Crippen molar-refractivity contribution in [3.8, 4) is 0 Å². The molecule has 158 valence electrons. The van der Waals surface area contributed by atoms with Crippen LogP contribution in [0.3, 0.4) is 0 Å². The lowest BCUT2D eigenvalue weighted by atomic mass is 10.1. The van der Waals surface area contributed by atoms with E-state index in [-0.39, 0.29) is 11.9 Å². The van der Waals surface area contributed by atoms with Crippen LogP contribution in [-0.2, 0) is 9.53 Å². The molecule has 28 heavy (non-hydrogen) atoms. The van der Waals surface area contributed by atoms with E-state index < -0.39 is 6.04 Å². The molecular formula is C24H39NO3. The maximum Gasteiger partial charge on any atom is 0.328 e. The molecule has 1 amide bonds. The van der Waals surface area contributed by atoms with E-state index in [1.54, 1.807) is 19.1 Å². The summed E-state index contributed by atoms with van der Waals surface area (Å²) >= 11 is 0. The van der Waals surface area contributed by atoms with Gasteiger partial charge in [0.05, 0.1) is 6.61 Å². The Hall–Kier alpha value is -1.84. The molecule has 1 aromatic rings. The van der Waals surface area contributed by atoms with Gasteiger partial charge in [-0.15, -0.1) is 0 Å². The number of rotatable bonds is 15. The summed E-state index contributed by atoms with van der Waals surface area (Å²) in [5, 5.41) is 2.70. The van der Waals surface area contributed by atoms with Crippen LogP contribution in [0.2, 0.25) is 0 Å². The average Bonchev–Trinajstić information content (AvgIpc) is 2.69. The van der Waals surface area contributed by atoms with Crippen LogP contribution < -0.4 is 5.32 Å². The molecule has 1 unspecified atom stereocenters. The van der Waals surface area contributed by atoms with Crippen LogP contribution in [-0.4, -0.2) is 24.5 Å². The quantitative estimate of drug-likeness (QED) is 0.297. The van der Waals surface area contributed by atoms with E-state index in [1.165, 1.54) is 57.8 Å². The number of carbonyl (C=O) groups is 2. The van der Waals surface area contributed by atoms with Gasteiger partial charge in [0, 0.05) is 5.56 Å². The van der Waals surface area contributed by atoms with Crippen molar-refractivity contribution in [2.24, 2.45) is 0 Å². The first-order chi connectivity index (χ1) is 13.5. The second-order valence-corrected chi connectivity index (χ2v) is 7.76. The normalized spacial score (nSPS) is 11.8. The minimum Gasteiger partial charge on any atom is -0.464 e. The Morgan fingerprint density at radius 3 is 1.89 bits per heavy atom. The number of hydrogen-bond acceptors (Lipinski definition) is 3. The highest BCUT2D eigenvalue weighted by Crippen LogP contribution is 2.11. The van der Waals surface area contributed by atoms with Crippen molar-refractivity contribution in [3.63, 3.8) is 0 Å². The molecule has 0 heterocycles. The zero-order chi connectivity index (χ0) is 20.6. The van der Waals surface area contributed by atoms with Crippen molar-refractivity contribution < 1.29 is 14.3 Å². The second-order valence-electron chi connectivity index (χ2n) is 7.76. The fraction of sp³-hybridized carbons (Fsp3) is 0.667. The summed E-state index contributed by atoms with van der Waals surface area (Å²) in [4.78, 5) is 24.1. The minimum absolute atomic E-state index is 0.251. The van der Waals surface area contributed by atoms with E-state index in [9.17, 15) is 9.59 Å². The second kappa shape index (κ2) is 15.1. The van der Waals surface area contributed by atoms with Crippen LogP contribution in [0.5, 0.6) is 0 Å². The third kappa shape index (κ3) is 11.1. The highest BCUT2D eigenvalue weighted by atomic mass is 16.5. The van der Waals surface area contributed by atoms with Crippen LogP contribution in [0.25, 0.3) is 0 Å². The molecule has 4 heteroatoms. The third-order valence-electron chi connectivity index (χ3n) is 5.01. The smallest absolute Gasteiger partial charge is 0.328 e. The van der Waals surface area contributed by atoms with Gasteiger partial charge in [0.15, 0.2) is 0 Å². The Balaban J connectivity index is 2.02. The van der Waals surface area contributed by atoms with Gasteiger partial charge < -0.3 is 10.1 Å². The Morgan fingerprint density at radius 1 is 0.857 bits per heavy atom. The molecule has 1 rings (SSSR count). The highest BCUT2D eigenvalue weighted by Gasteiger charge is 2.17. The highest BCUT2D eigenvalue weighted by molar-refractivity contribution is 5.96. The lowest BCUT2D eigenvalue weighted by Crippen LogP contribution is -2.39. The summed E-state index contributed by atoms with van der Waals surface area (Å²) in [5.41, 5.74) is 1.64. The van der Waals surface area contributed by atoms with Crippen molar-refractivity contribution in [1.82, 2.24) is 5.32 Å². The third-order valence-corrected chi connectivity index (χ3v) is 5.01. The van der Waals surface area contributed by atoms with Gasteiger partial charge >= 0.3 is 5.97 Å². The number of benzene rings is 1. The summed E-state index contributed by atoms with van der Waals surface area (Å²) in [6.45, 7) is 6.31. The predicted octanol–water partition coefficient (Wildman–Crippen LogP) is 5.97. The van der Waals surface area contributed by atoms with E-state index in [0.29, 0.717) is 12.2 Å². The molecule has 4 nitrogen and oxygen atoms in total. The largest absolute Gasteiger partial charge is 0.464 e. The van der Waals surface area contributed by atoms with Crippen LogP contribution in [0, 0.1) is 6.92 Å². The molecule has 0 aliphatic carbocycles. The summed E-state index contributed by atoms with van der Waals surface area (Å²) < 4.78 is 5.29. The van der Waals surface area contributed by atoms with Gasteiger partial charge in [-0.3, -0.25) is 4.79 Å². The fourth-order valence-corrected chi connectivity index (χ4v) is 3.11. The zero-order valence-electron chi connectivity index (χ0n) is 18.1. The maximum atomic E-state index is 12.1. The first kappa shape index (κ1) is 24.2. The molecule has 1 N–H and O–H groups in total. The van der Waals surface area contributed by atoms with E-state index in [0.717, 1.165) is 18.4 Å². The first-order valence-electron chi connectivity index (χ1n) is 11.1. The Bertz CT molecular complexity index is 553. The van der Waals surface area contributed by atoms with Crippen LogP contribution in [0.1, 0.15) is 100 Å². The SMILES string of the molecule is CCCCCCCCCCCCCOC(=O)C(C)NC(=O)c1ccc(C)cc1. The monoisotopic (exact) mass is 389 g/mol. The summed E-state index contributed by atoms with van der Waals surface area (Å²) in [7, 11) is 0. The van der Waals surface area contributed by atoms with Gasteiger partial charge in [0.25, 0.3) is 5.91 Å². The molecule has 0 saturated heterocycles. The maximum absolute atomic E-state index is 12.1. The van der Waals surface area contributed by atoms with E-state index in [2.05, 4.69) is 12.2 Å². The minimum atomic E-state index is -0.637. The molecule has 0 spiro atoms. The van der Waals surface area contributed by atoms with E-state index in [4.69, 9.17) is 4.74 Å². The Kier molecular flexibility index (Phi) is 13.1. The first-order valence-corrected chi connectivity index (χ1v) is 11.1. The molecule has 0 aliphatic rings. The molecule has 1 atom stereocenters. The number of ether oxygens (including phenoxy) is 1. The van der Waals surface area contributed by atoms with Gasteiger partial charge in [-0.05, 0) is 32.4 Å². The Morgan fingerprint density at radius 2 is 1.36 bits per heavy atom. The standard InChI is InChI=1S/C24H39NO3/c1-4-5-6-7-8-9-10-11-12-13-14-19-28-24(27)21(3)25-23(26)22-17-15-20(2)16-18-22/h15-18,21H,4-14,19H2,1-3H3,(H,25,26). The summed E-state index contributed by atoms with van der Waals surface area (Å²) in [6.07, 6.45) is 13.9. The Labute approximate surface area is 171 Å². The topological polar surface area (TPSA) is 55.4 Å². The number of esters is 1. The number of aryl methyl sites for hydroxylation is 1. The lowest BCUT2D eigenvalue weighted by molar-refractivity contribution is -0.145. The van der Waals surface area contributed by atoms with Crippen molar-refractivity contribution in [2.75, 3.05) is 6.61 Å². The van der Waals surface area contributed by atoms with Gasteiger partial charge in [-0.25, -0.2) is 4.79 Å². The number of amides is 1. The molecular weight excluding hydrogens is 350 g/mol. The summed E-state index contributed by atoms with van der Waals surface area (Å²) in [6, 6.07) is 6.64. The van der Waals surface area contributed by atoms with E-state index in [1.807, 2.05) is 19.1 Å². The fourth-order valence-electron chi connectivity index (χ4n) is 3.11. The van der Waals surface area contributed by atoms with Crippen molar-refractivity contribution in [3.05, 3.63) is 35.4 Å². The molecule has 0 bridgehead atoms. The van der Waals surface area contributed by atoms with Gasteiger partial charge in [0.1, 0.15) is 6.04 Å². The number of nitrogens with one attached hydrogen (secondary N) is 1. The predicted molar refractivity (Wildman–Crippen MR) is 116 cm³/mol. The summed E-state index contributed by atoms with van der Waals surface area (Å²) in [5.74, 6) is -0.619. The molecule has 0 saturated carbocycles. The number of carbonyl (C=O) groups excluding carboxylic acids is 2. The lowest BCUT2D eigenvalue weighted by Gasteiger charge is -2.13. The number of hydrogen-bond donors (Lipinski definition) is 1. The van der Waals surface area contributed by atoms with Gasteiger partial charge in [-0.1, -0.05) is 88.8 Å². The molecule has 1 aromatic carbocycles. The number of unbranched alkanes of at least 4 members (excludes halogenated alkanes) is 10. The van der Waals surface area contributed by atoms with Crippen LogP contribution in [0.15, 0.2) is 24.3 Å². The van der Waals surface area contributed by atoms with E-state index >= 15 is 0 Å². The van der Waals surface area contributed by atoms with Crippen LogP contribution >= 0.6 is 0 Å².